The second-order valence-corrected chi connectivity index (χ2v) is 11.3. The molecule has 242 valence electrons. The van der Waals surface area contributed by atoms with Crippen LogP contribution in [-0.4, -0.2) is 77.1 Å². The summed E-state index contributed by atoms with van der Waals surface area (Å²) in [4.78, 5) is 62.0. The Morgan fingerprint density at radius 2 is 1.50 bits per heavy atom. The lowest BCUT2D eigenvalue weighted by atomic mass is 9.89. The number of piperidine rings is 1. The van der Waals surface area contributed by atoms with Gasteiger partial charge in [-0.15, -0.1) is 11.8 Å². The number of nitrogens with zero attached hydrogens (tertiary/aromatic N) is 2. The lowest BCUT2D eigenvalue weighted by molar-refractivity contribution is -0.134. The van der Waals surface area contributed by atoms with Gasteiger partial charge < -0.3 is 25.3 Å². The van der Waals surface area contributed by atoms with Crippen LogP contribution >= 0.6 is 11.8 Å². The molecule has 12 heteroatoms. The van der Waals surface area contributed by atoms with Gasteiger partial charge in [0.2, 0.25) is 5.91 Å². The lowest BCUT2D eigenvalue weighted by Crippen LogP contribution is -2.42. The quantitative estimate of drug-likeness (QED) is 0.140. The Kier molecular flexibility index (Phi) is 13.7. The van der Waals surface area contributed by atoms with Gasteiger partial charge in [0.05, 0.1) is 0 Å². The number of ketones is 1. The highest BCUT2D eigenvalue weighted by Gasteiger charge is 2.27. The first kappa shape index (κ1) is 35.7. The van der Waals surface area contributed by atoms with E-state index >= 15 is 0 Å². The van der Waals surface area contributed by atoms with Crippen molar-refractivity contribution in [3.8, 4) is 0 Å². The van der Waals surface area contributed by atoms with Crippen LogP contribution in [-0.2, 0) is 14.4 Å². The first-order valence-corrected chi connectivity index (χ1v) is 15.7. The minimum absolute atomic E-state index is 0.0676. The Morgan fingerprint density at radius 3 is 2.04 bits per heavy atom. The molecule has 0 atom stereocenters. The molecule has 1 heterocycles. The number of rotatable bonds is 11. The minimum atomic E-state index is -1.26. The number of aliphatic carboxylic acids is 2. The maximum absolute atomic E-state index is 13.6. The van der Waals surface area contributed by atoms with Crippen molar-refractivity contribution in [2.75, 3.05) is 42.7 Å². The first-order chi connectivity index (χ1) is 22.0. The Bertz CT molecular complexity index is 1540. The predicted molar refractivity (Wildman–Crippen MR) is 175 cm³/mol. The van der Waals surface area contributed by atoms with Crippen LogP contribution in [0.5, 0.6) is 0 Å². The molecular weight excluding hydrogens is 613 g/mol. The van der Waals surface area contributed by atoms with Crippen molar-refractivity contribution in [2.24, 2.45) is 5.92 Å². The van der Waals surface area contributed by atoms with Crippen LogP contribution in [0.3, 0.4) is 0 Å². The van der Waals surface area contributed by atoms with Gasteiger partial charge in [-0.05, 0) is 98.9 Å². The van der Waals surface area contributed by atoms with Crippen LogP contribution < -0.4 is 10.2 Å². The maximum Gasteiger partial charge on any atom is 0.328 e. The summed E-state index contributed by atoms with van der Waals surface area (Å²) in [6.45, 7) is 4.14. The molecule has 3 aromatic rings. The van der Waals surface area contributed by atoms with Gasteiger partial charge in [-0.25, -0.2) is 14.0 Å². The number of nitrogens with one attached hydrogen (secondary N) is 1. The highest BCUT2D eigenvalue weighted by Crippen LogP contribution is 2.26. The number of amides is 2. The van der Waals surface area contributed by atoms with Crippen LogP contribution in [0.2, 0.25) is 0 Å². The summed E-state index contributed by atoms with van der Waals surface area (Å²) in [5, 5.41) is 18.3. The van der Waals surface area contributed by atoms with Crippen LogP contribution in [0.15, 0.2) is 89.8 Å². The number of thioether (sulfide) groups is 1. The van der Waals surface area contributed by atoms with Crippen molar-refractivity contribution in [2.45, 2.75) is 24.7 Å². The minimum Gasteiger partial charge on any atom is -0.478 e. The Balaban J connectivity index is 0.000000637. The van der Waals surface area contributed by atoms with Crippen molar-refractivity contribution in [1.29, 1.82) is 0 Å². The van der Waals surface area contributed by atoms with E-state index < -0.39 is 11.9 Å². The number of carboxylic acids is 2. The molecule has 2 amide bonds. The topological polar surface area (TPSA) is 144 Å². The molecule has 1 aliphatic rings. The van der Waals surface area contributed by atoms with E-state index in [1.807, 2.05) is 30.5 Å². The van der Waals surface area contributed by atoms with Gasteiger partial charge in [0.1, 0.15) is 5.82 Å². The molecule has 0 radical (unpaired) electrons. The number of Topliss-reactive ketones (excluding diaryl/α,β-unsaturated/α-hetero) is 1. The summed E-state index contributed by atoms with van der Waals surface area (Å²) in [5.41, 5.74) is 2.56. The SMILES string of the molecule is CSc1cccc(N(CCN2CCC(C(=O)c3ccc(F)cc3)CC2)C(=O)c2ccc(NC(C)=O)cc2)c1.O=C(O)/C=C/C(=O)O. The normalized spacial score (nSPS) is 13.4. The van der Waals surface area contributed by atoms with Crippen molar-refractivity contribution < 1.29 is 38.6 Å². The smallest absolute Gasteiger partial charge is 0.328 e. The predicted octanol–water partition coefficient (Wildman–Crippen LogP) is 5.46. The van der Waals surface area contributed by atoms with Crippen molar-refractivity contribution in [1.82, 2.24) is 4.90 Å². The van der Waals surface area contributed by atoms with Gasteiger partial charge in [-0.2, -0.15) is 0 Å². The third-order valence-electron chi connectivity index (χ3n) is 7.16. The van der Waals surface area contributed by atoms with Crippen LogP contribution in [0.1, 0.15) is 40.5 Å². The number of benzene rings is 3. The van der Waals surface area contributed by atoms with Crippen LogP contribution in [0.25, 0.3) is 0 Å². The van der Waals surface area contributed by atoms with E-state index in [0.29, 0.717) is 42.1 Å². The van der Waals surface area contributed by atoms with E-state index in [-0.39, 0.29) is 29.3 Å². The Morgan fingerprint density at radius 1 is 0.913 bits per heavy atom. The first-order valence-electron chi connectivity index (χ1n) is 14.5. The maximum atomic E-state index is 13.6. The Hall–Kier alpha value is -4.81. The number of hydrogen-bond acceptors (Lipinski definition) is 7. The lowest BCUT2D eigenvalue weighted by Gasteiger charge is -2.33. The third kappa shape index (κ3) is 11.3. The number of carboxylic acid groups (broad SMARTS) is 2. The summed E-state index contributed by atoms with van der Waals surface area (Å²) >= 11 is 1.62. The fraction of sp³-hybridized carbons (Fsp3) is 0.265. The molecule has 3 N–H and O–H groups in total. The molecule has 10 nitrogen and oxygen atoms in total. The number of anilines is 2. The second-order valence-electron chi connectivity index (χ2n) is 10.4. The van der Waals surface area contributed by atoms with E-state index in [4.69, 9.17) is 10.2 Å². The zero-order valence-corrected chi connectivity index (χ0v) is 26.3. The average molecular weight is 650 g/mol. The molecule has 0 saturated carbocycles. The molecule has 1 fully saturated rings. The largest absolute Gasteiger partial charge is 0.478 e. The standard InChI is InChI=1S/C30H32FN3O3S.C4H4O4/c1-21(35)32-26-12-8-24(9-13-26)30(37)34(27-4-3-5-28(20-27)38-2)19-18-33-16-14-23(15-17-33)29(36)22-6-10-25(31)11-7-22;5-3(6)1-2-4(7)8/h3-13,20,23H,14-19H2,1-2H3,(H,32,35);1-2H,(H,5,6)(H,7,8)/b;2-1+. The summed E-state index contributed by atoms with van der Waals surface area (Å²) in [6, 6.07) is 20.6. The van der Waals surface area contributed by atoms with Gasteiger partial charge >= 0.3 is 11.9 Å². The number of likely N-dealkylation sites (tertiary alicyclic amines) is 1. The van der Waals surface area contributed by atoms with Gasteiger partial charge in [0, 0.05) is 65.5 Å². The van der Waals surface area contributed by atoms with E-state index in [1.165, 1.54) is 19.1 Å². The monoisotopic (exact) mass is 649 g/mol. The summed E-state index contributed by atoms with van der Waals surface area (Å²) in [7, 11) is 0. The average Bonchev–Trinajstić information content (AvgIpc) is 3.04. The van der Waals surface area contributed by atoms with Gasteiger partial charge in [-0.3, -0.25) is 14.4 Å². The zero-order valence-electron chi connectivity index (χ0n) is 25.5. The van der Waals surface area contributed by atoms with Crippen LogP contribution in [0.4, 0.5) is 15.8 Å². The molecule has 1 aliphatic heterocycles. The molecule has 1 saturated heterocycles. The van der Waals surface area contributed by atoms with Crippen molar-refractivity contribution in [3.63, 3.8) is 0 Å². The molecule has 0 spiro atoms. The van der Waals surface area contributed by atoms with Gasteiger partial charge in [-0.1, -0.05) is 6.07 Å². The van der Waals surface area contributed by atoms with E-state index in [2.05, 4.69) is 10.2 Å². The molecule has 0 aromatic heterocycles. The molecule has 3 aromatic carbocycles. The Labute approximate surface area is 270 Å². The number of hydrogen-bond donors (Lipinski definition) is 3. The van der Waals surface area contributed by atoms with Crippen LogP contribution in [0, 0.1) is 11.7 Å². The van der Waals surface area contributed by atoms with Gasteiger partial charge in [0.25, 0.3) is 5.91 Å². The summed E-state index contributed by atoms with van der Waals surface area (Å²) < 4.78 is 13.2. The highest BCUT2D eigenvalue weighted by molar-refractivity contribution is 7.98. The highest BCUT2D eigenvalue weighted by atomic mass is 32.2. The third-order valence-corrected chi connectivity index (χ3v) is 7.88. The van der Waals surface area contributed by atoms with E-state index in [0.717, 1.165) is 36.5 Å². The summed E-state index contributed by atoms with van der Waals surface area (Å²) in [6.07, 6.45) is 4.58. The molecular formula is C34H36FN3O7S. The summed E-state index contributed by atoms with van der Waals surface area (Å²) in [5.74, 6) is -3.14. The number of carbonyl (C=O) groups excluding carboxylic acids is 3. The second kappa shape index (κ2) is 17.6. The van der Waals surface area contributed by atoms with E-state index in [9.17, 15) is 28.4 Å². The van der Waals surface area contributed by atoms with Crippen molar-refractivity contribution >= 4 is 52.7 Å². The fourth-order valence-electron chi connectivity index (χ4n) is 4.83. The number of carbonyl (C=O) groups is 5. The van der Waals surface area contributed by atoms with Crippen molar-refractivity contribution in [3.05, 3.63) is 102 Å². The van der Waals surface area contributed by atoms with E-state index in [1.54, 1.807) is 53.1 Å². The zero-order chi connectivity index (χ0) is 33.6. The molecule has 0 bridgehead atoms. The molecule has 0 aliphatic carbocycles. The molecule has 4 rings (SSSR count). The van der Waals surface area contributed by atoms with Gasteiger partial charge in [0.15, 0.2) is 5.78 Å². The fourth-order valence-corrected chi connectivity index (χ4v) is 5.29. The molecule has 46 heavy (non-hydrogen) atoms. The molecule has 0 unspecified atom stereocenters. The number of halogens is 1.